The smallest absolute Gasteiger partial charge is 0.414 e. The van der Waals surface area contributed by atoms with Crippen molar-refractivity contribution in [3.63, 3.8) is 0 Å². The van der Waals surface area contributed by atoms with E-state index in [-0.39, 0.29) is 24.1 Å². The molecule has 2 rings (SSSR count). The van der Waals surface area contributed by atoms with E-state index in [9.17, 15) is 14.0 Å². The van der Waals surface area contributed by atoms with Gasteiger partial charge in [-0.2, -0.15) is 0 Å². The lowest BCUT2D eigenvalue weighted by molar-refractivity contribution is -0.116. The monoisotopic (exact) mass is 305 g/mol. The second kappa shape index (κ2) is 6.30. The molecule has 1 aliphatic rings. The first-order valence-electron chi connectivity index (χ1n) is 7.21. The van der Waals surface area contributed by atoms with E-state index >= 15 is 0 Å². The van der Waals surface area contributed by atoms with Crippen LogP contribution in [0.5, 0.6) is 0 Å². The molecule has 22 heavy (non-hydrogen) atoms. The molecule has 0 spiro atoms. The maximum absolute atomic E-state index is 13.0. The van der Waals surface area contributed by atoms with Gasteiger partial charge in [0.05, 0.1) is 6.04 Å². The molecular weight excluding hydrogens is 285 g/mol. The normalized spacial score (nSPS) is 18.5. The number of rotatable bonds is 2. The number of hydrogen-bond donors (Lipinski definition) is 0. The van der Waals surface area contributed by atoms with Crippen LogP contribution in [0, 0.1) is 5.82 Å². The highest BCUT2D eigenvalue weighted by Crippen LogP contribution is 2.21. The molecule has 0 saturated carbocycles. The fourth-order valence-corrected chi connectivity index (χ4v) is 2.27. The zero-order valence-electron chi connectivity index (χ0n) is 13.0. The minimum absolute atomic E-state index is 0.0353. The first-order valence-corrected chi connectivity index (χ1v) is 7.21. The van der Waals surface area contributed by atoms with Crippen molar-refractivity contribution in [3.8, 4) is 0 Å². The maximum atomic E-state index is 13.0. The highest BCUT2D eigenvalue weighted by molar-refractivity contribution is 5.92. The van der Waals surface area contributed by atoms with Crippen LogP contribution in [-0.4, -0.2) is 28.4 Å². The van der Waals surface area contributed by atoms with Crippen molar-refractivity contribution in [2.75, 3.05) is 0 Å². The van der Waals surface area contributed by atoms with E-state index in [1.165, 1.54) is 29.3 Å². The average molecular weight is 305 g/mol. The van der Waals surface area contributed by atoms with Crippen molar-refractivity contribution in [3.05, 3.63) is 47.9 Å². The standard InChI is InChI=1S/C17H20FNO3/c1-17(2,3)22-16(21)19-9-8-15(20)11-14(19)10-12-4-6-13(18)7-5-12/h4-9,14H,10-11H2,1-3H3. The summed E-state index contributed by atoms with van der Waals surface area (Å²) in [5.41, 5.74) is 0.260. The third-order valence-corrected chi connectivity index (χ3v) is 3.24. The lowest BCUT2D eigenvalue weighted by Crippen LogP contribution is -2.44. The summed E-state index contributed by atoms with van der Waals surface area (Å²) >= 11 is 0. The Morgan fingerprint density at radius 1 is 1.32 bits per heavy atom. The largest absolute Gasteiger partial charge is 0.443 e. The van der Waals surface area contributed by atoms with Gasteiger partial charge in [0.25, 0.3) is 0 Å². The van der Waals surface area contributed by atoms with Crippen LogP contribution < -0.4 is 0 Å². The minimum atomic E-state index is -0.604. The van der Waals surface area contributed by atoms with Gasteiger partial charge in [-0.1, -0.05) is 12.1 Å². The van der Waals surface area contributed by atoms with Crippen molar-refractivity contribution in [1.82, 2.24) is 4.90 Å². The molecule has 0 aromatic heterocycles. The van der Waals surface area contributed by atoms with Gasteiger partial charge in [-0.3, -0.25) is 9.69 Å². The molecule has 1 heterocycles. The first-order chi connectivity index (χ1) is 10.2. The van der Waals surface area contributed by atoms with Crippen LogP contribution in [0.3, 0.4) is 0 Å². The number of benzene rings is 1. The second-order valence-electron chi connectivity index (χ2n) is 6.36. The van der Waals surface area contributed by atoms with Crippen LogP contribution in [0.15, 0.2) is 36.5 Å². The summed E-state index contributed by atoms with van der Waals surface area (Å²) in [6.07, 6.45) is 3.06. The van der Waals surface area contributed by atoms with E-state index in [0.717, 1.165) is 5.56 Å². The molecule has 1 amide bonds. The van der Waals surface area contributed by atoms with E-state index in [1.54, 1.807) is 32.9 Å². The van der Waals surface area contributed by atoms with E-state index in [1.807, 2.05) is 0 Å². The summed E-state index contributed by atoms with van der Waals surface area (Å²) in [7, 11) is 0. The number of ether oxygens (including phenoxy) is 1. The molecule has 1 aromatic rings. The molecule has 0 saturated heterocycles. The van der Waals surface area contributed by atoms with Crippen LogP contribution in [0.2, 0.25) is 0 Å². The number of carbonyl (C=O) groups excluding carboxylic acids is 2. The molecule has 0 aliphatic carbocycles. The van der Waals surface area contributed by atoms with Crippen molar-refractivity contribution in [2.45, 2.75) is 45.3 Å². The second-order valence-corrected chi connectivity index (χ2v) is 6.36. The average Bonchev–Trinajstić information content (AvgIpc) is 2.39. The Morgan fingerprint density at radius 2 is 1.95 bits per heavy atom. The molecule has 1 aromatic carbocycles. The molecular formula is C17H20FNO3. The fraction of sp³-hybridized carbons (Fsp3) is 0.412. The van der Waals surface area contributed by atoms with Crippen molar-refractivity contribution in [1.29, 1.82) is 0 Å². The predicted molar refractivity (Wildman–Crippen MR) is 80.7 cm³/mol. The molecule has 0 bridgehead atoms. The van der Waals surface area contributed by atoms with Crippen molar-refractivity contribution < 1.29 is 18.7 Å². The highest BCUT2D eigenvalue weighted by Gasteiger charge is 2.30. The number of halogens is 1. The third kappa shape index (κ3) is 4.41. The Kier molecular flexibility index (Phi) is 4.64. The van der Waals surface area contributed by atoms with Gasteiger partial charge in [-0.15, -0.1) is 0 Å². The van der Waals surface area contributed by atoms with E-state index < -0.39 is 11.7 Å². The van der Waals surface area contributed by atoms with Gasteiger partial charge in [0.1, 0.15) is 11.4 Å². The fourth-order valence-electron chi connectivity index (χ4n) is 2.27. The van der Waals surface area contributed by atoms with Gasteiger partial charge >= 0.3 is 6.09 Å². The van der Waals surface area contributed by atoms with Crippen LogP contribution in [0.4, 0.5) is 9.18 Å². The molecule has 1 unspecified atom stereocenters. The number of carbonyl (C=O) groups is 2. The van der Waals surface area contributed by atoms with E-state index in [0.29, 0.717) is 6.42 Å². The Balaban J connectivity index is 2.15. The molecule has 1 atom stereocenters. The molecule has 1 aliphatic heterocycles. The Hall–Kier alpha value is -2.17. The minimum Gasteiger partial charge on any atom is -0.443 e. The third-order valence-electron chi connectivity index (χ3n) is 3.24. The zero-order valence-corrected chi connectivity index (χ0v) is 13.0. The van der Waals surface area contributed by atoms with Gasteiger partial charge in [0.2, 0.25) is 0 Å². The summed E-state index contributed by atoms with van der Waals surface area (Å²) < 4.78 is 18.3. The highest BCUT2D eigenvalue weighted by atomic mass is 19.1. The summed E-state index contributed by atoms with van der Waals surface area (Å²) in [6, 6.07) is 5.73. The van der Waals surface area contributed by atoms with E-state index in [2.05, 4.69) is 0 Å². The summed E-state index contributed by atoms with van der Waals surface area (Å²) in [5, 5.41) is 0. The molecule has 118 valence electrons. The summed E-state index contributed by atoms with van der Waals surface area (Å²) in [5.74, 6) is -0.348. The van der Waals surface area contributed by atoms with Crippen molar-refractivity contribution >= 4 is 11.9 Å². The van der Waals surface area contributed by atoms with Crippen LogP contribution in [-0.2, 0) is 16.0 Å². The molecule has 0 N–H and O–H groups in total. The first kappa shape index (κ1) is 16.2. The Morgan fingerprint density at radius 3 is 2.55 bits per heavy atom. The molecule has 4 nitrogen and oxygen atoms in total. The van der Waals surface area contributed by atoms with Gasteiger partial charge in [-0.25, -0.2) is 9.18 Å². The quantitative estimate of drug-likeness (QED) is 0.840. The number of ketones is 1. The van der Waals surface area contributed by atoms with Gasteiger partial charge in [0, 0.05) is 12.6 Å². The zero-order chi connectivity index (χ0) is 16.3. The van der Waals surface area contributed by atoms with Crippen LogP contribution in [0.1, 0.15) is 32.8 Å². The van der Waals surface area contributed by atoms with Crippen molar-refractivity contribution in [2.24, 2.45) is 0 Å². The van der Waals surface area contributed by atoms with E-state index in [4.69, 9.17) is 4.74 Å². The maximum Gasteiger partial charge on any atom is 0.414 e. The van der Waals surface area contributed by atoms with Gasteiger partial charge < -0.3 is 4.74 Å². The Bertz CT molecular complexity index is 587. The lowest BCUT2D eigenvalue weighted by atomic mass is 9.98. The molecule has 5 heteroatoms. The predicted octanol–water partition coefficient (Wildman–Crippen LogP) is 3.46. The number of amides is 1. The summed E-state index contributed by atoms with van der Waals surface area (Å²) in [6.45, 7) is 5.37. The number of allylic oxidation sites excluding steroid dienone is 1. The summed E-state index contributed by atoms with van der Waals surface area (Å²) in [4.78, 5) is 25.3. The van der Waals surface area contributed by atoms with Gasteiger partial charge in [-0.05, 0) is 51.0 Å². The lowest BCUT2D eigenvalue weighted by Gasteiger charge is -2.32. The number of nitrogens with zero attached hydrogens (tertiary/aromatic N) is 1. The topological polar surface area (TPSA) is 46.6 Å². The SMILES string of the molecule is CC(C)(C)OC(=O)N1C=CC(=O)CC1Cc1ccc(F)cc1. The molecule has 0 radical (unpaired) electrons. The number of hydrogen-bond acceptors (Lipinski definition) is 3. The molecule has 0 fully saturated rings. The Labute approximate surface area is 129 Å². The van der Waals surface area contributed by atoms with Crippen LogP contribution in [0.25, 0.3) is 0 Å². The van der Waals surface area contributed by atoms with Crippen LogP contribution >= 0.6 is 0 Å². The van der Waals surface area contributed by atoms with Gasteiger partial charge in [0.15, 0.2) is 5.78 Å².